The van der Waals surface area contributed by atoms with E-state index in [9.17, 15) is 0 Å². The number of hydrogen-bond acceptors (Lipinski definition) is 1. The number of nitrogens with zero attached hydrogens (tertiary/aromatic N) is 1. The van der Waals surface area contributed by atoms with Crippen LogP contribution >= 0.6 is 0 Å². The maximum atomic E-state index is 6.81. The number of aromatic nitrogens is 1. The highest BCUT2D eigenvalue weighted by molar-refractivity contribution is 6.21. The van der Waals surface area contributed by atoms with E-state index in [4.69, 9.17) is 4.74 Å². The van der Waals surface area contributed by atoms with Gasteiger partial charge in [0, 0.05) is 30.1 Å². The molecule has 1 fully saturated rings. The van der Waals surface area contributed by atoms with Crippen LogP contribution in [0.4, 0.5) is 0 Å². The van der Waals surface area contributed by atoms with Gasteiger partial charge in [0.15, 0.2) is 5.54 Å². The zero-order valence-electron chi connectivity index (χ0n) is 23.8. The van der Waals surface area contributed by atoms with E-state index in [2.05, 4.69) is 92.9 Å². The van der Waals surface area contributed by atoms with Gasteiger partial charge in [0.1, 0.15) is 6.61 Å². The van der Waals surface area contributed by atoms with Crippen LogP contribution in [0.3, 0.4) is 0 Å². The third-order valence-electron chi connectivity index (χ3n) is 10.9. The lowest BCUT2D eigenvalue weighted by Gasteiger charge is -2.34. The Labute approximate surface area is 231 Å². The summed E-state index contributed by atoms with van der Waals surface area (Å²) in [5.41, 5.74) is 10.1. The Kier molecular flexibility index (Phi) is 4.86. The first-order chi connectivity index (χ1) is 19.0. The molecule has 2 aliphatic heterocycles. The number of benzene rings is 4. The van der Waals surface area contributed by atoms with Crippen molar-refractivity contribution in [1.29, 1.82) is 0 Å². The molecule has 8 rings (SSSR count). The standard InChI is InChI=1S/C37H38NO/c1-5-37(6-2)21-29-26-14-7-8-15-27(26)32(31-23(3)12-11-13-24(31)4)28-17-16-25-20-30-35(38(37)34(25)33(28)29)39-22-36(30)18-9-10-19-36/h7-8,11-17,20H,5-6,9-10,18-19,21-22H2,1-4H3/q+1. The van der Waals surface area contributed by atoms with Crippen LogP contribution in [0, 0.1) is 13.8 Å². The number of hydrogen-bond donors (Lipinski definition) is 0. The zero-order valence-corrected chi connectivity index (χ0v) is 23.8. The first kappa shape index (κ1) is 23.5. The Morgan fingerprint density at radius 1 is 0.795 bits per heavy atom. The number of fused-ring (bicyclic) bond motifs is 5. The number of rotatable bonds is 3. The Morgan fingerprint density at radius 2 is 1.51 bits per heavy atom. The molecule has 0 N–H and O–H groups in total. The lowest BCUT2D eigenvalue weighted by molar-refractivity contribution is -0.747. The van der Waals surface area contributed by atoms with E-state index in [1.54, 1.807) is 0 Å². The van der Waals surface area contributed by atoms with Gasteiger partial charge in [-0.2, -0.15) is 4.57 Å². The largest absolute Gasteiger partial charge is 0.443 e. The van der Waals surface area contributed by atoms with Crippen LogP contribution in [-0.2, 0) is 17.4 Å². The highest BCUT2D eigenvalue weighted by Crippen LogP contribution is 2.53. The fourth-order valence-corrected chi connectivity index (χ4v) is 8.77. The second-order valence-electron chi connectivity index (χ2n) is 12.7. The summed E-state index contributed by atoms with van der Waals surface area (Å²) in [6, 6.07) is 23.3. The van der Waals surface area contributed by atoms with Gasteiger partial charge in [-0.15, -0.1) is 0 Å². The average Bonchev–Trinajstić information content (AvgIpc) is 3.59. The third-order valence-corrected chi connectivity index (χ3v) is 10.9. The molecule has 1 aliphatic carbocycles. The first-order valence-corrected chi connectivity index (χ1v) is 15.1. The van der Waals surface area contributed by atoms with Crippen LogP contribution in [0.1, 0.15) is 74.6 Å². The van der Waals surface area contributed by atoms with Crippen LogP contribution < -0.4 is 9.30 Å². The summed E-state index contributed by atoms with van der Waals surface area (Å²) in [4.78, 5) is 0. The summed E-state index contributed by atoms with van der Waals surface area (Å²) in [7, 11) is 0. The molecule has 1 aromatic heterocycles. The van der Waals surface area contributed by atoms with Gasteiger partial charge >= 0.3 is 5.88 Å². The van der Waals surface area contributed by atoms with E-state index in [0.717, 1.165) is 25.9 Å². The van der Waals surface area contributed by atoms with Crippen LogP contribution in [0.2, 0.25) is 0 Å². The molecule has 39 heavy (non-hydrogen) atoms. The highest BCUT2D eigenvalue weighted by Gasteiger charge is 2.53. The molecule has 0 saturated heterocycles. The molecule has 4 aromatic carbocycles. The maximum Gasteiger partial charge on any atom is 0.372 e. The second kappa shape index (κ2) is 8.07. The minimum Gasteiger partial charge on any atom is -0.443 e. The third kappa shape index (κ3) is 2.90. The molecule has 3 aliphatic rings. The number of pyridine rings is 1. The monoisotopic (exact) mass is 512 g/mol. The van der Waals surface area contributed by atoms with Crippen molar-refractivity contribution in [2.75, 3.05) is 6.61 Å². The summed E-state index contributed by atoms with van der Waals surface area (Å²) < 4.78 is 9.52. The number of ether oxygens (including phenoxy) is 1. The van der Waals surface area contributed by atoms with Crippen molar-refractivity contribution in [3.63, 3.8) is 0 Å². The highest BCUT2D eigenvalue weighted by atomic mass is 16.5. The molecule has 3 heterocycles. The molecule has 5 aromatic rings. The number of aryl methyl sites for hydroxylation is 2. The van der Waals surface area contributed by atoms with Gasteiger partial charge in [0.2, 0.25) is 5.52 Å². The van der Waals surface area contributed by atoms with Crippen molar-refractivity contribution in [3.05, 3.63) is 82.9 Å². The Bertz CT molecular complexity index is 1810. The summed E-state index contributed by atoms with van der Waals surface area (Å²) in [6.45, 7) is 10.2. The van der Waals surface area contributed by atoms with E-state index >= 15 is 0 Å². The van der Waals surface area contributed by atoms with Crippen LogP contribution in [0.5, 0.6) is 5.88 Å². The Morgan fingerprint density at radius 3 is 2.23 bits per heavy atom. The van der Waals surface area contributed by atoms with Crippen LogP contribution in [0.15, 0.2) is 60.7 Å². The van der Waals surface area contributed by atoms with E-state index in [0.29, 0.717) is 0 Å². The quantitative estimate of drug-likeness (QED) is 0.134. The van der Waals surface area contributed by atoms with Crippen LogP contribution in [0.25, 0.3) is 43.6 Å². The smallest absolute Gasteiger partial charge is 0.372 e. The van der Waals surface area contributed by atoms with Crippen molar-refractivity contribution in [1.82, 2.24) is 0 Å². The summed E-state index contributed by atoms with van der Waals surface area (Å²) in [6.07, 6.45) is 8.40. The minimum atomic E-state index is 0.0118. The van der Waals surface area contributed by atoms with Gasteiger partial charge in [-0.05, 0) is 82.8 Å². The average molecular weight is 513 g/mol. The summed E-state index contributed by atoms with van der Waals surface area (Å²) in [5.74, 6) is 1.17. The van der Waals surface area contributed by atoms with Gasteiger partial charge in [-0.25, -0.2) is 0 Å². The van der Waals surface area contributed by atoms with Gasteiger partial charge in [-0.3, -0.25) is 0 Å². The van der Waals surface area contributed by atoms with Crippen molar-refractivity contribution >= 4 is 32.4 Å². The van der Waals surface area contributed by atoms with Crippen molar-refractivity contribution in [2.45, 2.75) is 83.6 Å². The molecule has 1 saturated carbocycles. The minimum absolute atomic E-state index is 0.0118. The normalized spacial score (nSPS) is 18.5. The van der Waals surface area contributed by atoms with Crippen LogP contribution in [-0.4, -0.2) is 6.61 Å². The van der Waals surface area contributed by atoms with E-state index in [-0.39, 0.29) is 11.0 Å². The predicted molar refractivity (Wildman–Crippen MR) is 162 cm³/mol. The van der Waals surface area contributed by atoms with E-state index < -0.39 is 0 Å². The lowest BCUT2D eigenvalue weighted by atomic mass is 9.74. The SMILES string of the molecule is CCC1(CC)Cc2c3ccccc3c(-c3c(C)cccc3C)c3ccc4cc5c([n+]1c4c23)OCC51CCCC1. The molecule has 0 unspecified atom stereocenters. The van der Waals surface area contributed by atoms with Gasteiger partial charge in [0.05, 0.1) is 10.9 Å². The molecule has 196 valence electrons. The molecular formula is C37H38NO+. The van der Waals surface area contributed by atoms with Crippen molar-refractivity contribution in [2.24, 2.45) is 0 Å². The molecule has 0 radical (unpaired) electrons. The molecule has 1 spiro atoms. The maximum absolute atomic E-state index is 6.81. The van der Waals surface area contributed by atoms with Crippen molar-refractivity contribution in [3.8, 4) is 17.0 Å². The van der Waals surface area contributed by atoms with Gasteiger partial charge in [-0.1, -0.05) is 75.2 Å². The molecule has 0 atom stereocenters. The topological polar surface area (TPSA) is 13.1 Å². The summed E-state index contributed by atoms with van der Waals surface area (Å²) in [5, 5.41) is 7.01. The fourth-order valence-electron chi connectivity index (χ4n) is 8.77. The Balaban J connectivity index is 1.61. The molecule has 0 amide bonds. The molecule has 2 heteroatoms. The van der Waals surface area contributed by atoms with Gasteiger partial charge in [0.25, 0.3) is 0 Å². The van der Waals surface area contributed by atoms with Gasteiger partial charge < -0.3 is 4.74 Å². The van der Waals surface area contributed by atoms with Crippen molar-refractivity contribution < 1.29 is 9.30 Å². The molecule has 0 bridgehead atoms. The predicted octanol–water partition coefficient (Wildman–Crippen LogP) is 8.99. The Hall–Kier alpha value is -3.39. The fraction of sp³-hybridized carbons (Fsp3) is 0.378. The zero-order chi connectivity index (χ0) is 26.5. The lowest BCUT2D eigenvalue weighted by Crippen LogP contribution is -2.59. The first-order valence-electron chi connectivity index (χ1n) is 15.1. The van der Waals surface area contributed by atoms with E-state index in [1.807, 2.05) is 0 Å². The van der Waals surface area contributed by atoms with E-state index in [1.165, 1.54) is 97.4 Å². The molecular weight excluding hydrogens is 474 g/mol. The second-order valence-corrected chi connectivity index (χ2v) is 12.7. The molecule has 2 nitrogen and oxygen atoms in total. The summed E-state index contributed by atoms with van der Waals surface area (Å²) >= 11 is 0.